The van der Waals surface area contributed by atoms with Gasteiger partial charge < -0.3 is 5.32 Å². The molecule has 0 radical (unpaired) electrons. The van der Waals surface area contributed by atoms with Crippen LogP contribution in [0.3, 0.4) is 0 Å². The standard InChI is InChI=1S/C15H23FN2O3S/c1-5-11(3)17-15(19)14(6-2)18(22(4,20)21)13-9-7-12(16)8-10-13/h7-11,14H,5-6H2,1-4H3,(H,17,19)/t11-,14+/m0/s1. The minimum atomic E-state index is -3.68. The van der Waals surface area contributed by atoms with Gasteiger partial charge in [-0.1, -0.05) is 13.8 Å². The van der Waals surface area contributed by atoms with Crippen LogP contribution in [0.2, 0.25) is 0 Å². The zero-order valence-corrected chi connectivity index (χ0v) is 14.2. The van der Waals surface area contributed by atoms with Crippen LogP contribution in [0.25, 0.3) is 0 Å². The van der Waals surface area contributed by atoms with E-state index in [-0.39, 0.29) is 17.6 Å². The fourth-order valence-corrected chi connectivity index (χ4v) is 3.30. The van der Waals surface area contributed by atoms with Gasteiger partial charge in [0.1, 0.15) is 11.9 Å². The van der Waals surface area contributed by atoms with E-state index in [1.54, 1.807) is 6.92 Å². The van der Waals surface area contributed by atoms with Gasteiger partial charge in [-0.2, -0.15) is 0 Å². The number of carbonyl (C=O) groups excluding carboxylic acids is 1. The molecule has 0 spiro atoms. The average molecular weight is 330 g/mol. The van der Waals surface area contributed by atoms with Crippen LogP contribution in [0, 0.1) is 5.82 Å². The summed E-state index contributed by atoms with van der Waals surface area (Å²) >= 11 is 0. The topological polar surface area (TPSA) is 66.5 Å². The van der Waals surface area contributed by atoms with E-state index < -0.39 is 21.9 Å². The normalized spacial score (nSPS) is 14.2. The molecule has 0 bridgehead atoms. The number of halogens is 1. The Bertz CT molecular complexity index is 602. The molecule has 0 aliphatic carbocycles. The van der Waals surface area contributed by atoms with Crippen LogP contribution in [0.5, 0.6) is 0 Å². The Hall–Kier alpha value is -1.63. The highest BCUT2D eigenvalue weighted by Gasteiger charge is 2.31. The number of amides is 1. The Labute approximate surface area is 131 Å². The molecule has 0 saturated carbocycles. The predicted molar refractivity (Wildman–Crippen MR) is 85.7 cm³/mol. The zero-order valence-electron chi connectivity index (χ0n) is 13.3. The molecule has 0 aromatic heterocycles. The summed E-state index contributed by atoms with van der Waals surface area (Å²) in [5, 5.41) is 2.80. The van der Waals surface area contributed by atoms with Crippen molar-refractivity contribution in [2.45, 2.75) is 45.7 Å². The maximum absolute atomic E-state index is 13.1. The molecule has 1 aromatic rings. The van der Waals surface area contributed by atoms with Crippen LogP contribution >= 0.6 is 0 Å². The van der Waals surface area contributed by atoms with Gasteiger partial charge in [-0.15, -0.1) is 0 Å². The molecule has 124 valence electrons. The van der Waals surface area contributed by atoms with E-state index in [4.69, 9.17) is 0 Å². The van der Waals surface area contributed by atoms with Crippen molar-refractivity contribution in [3.63, 3.8) is 0 Å². The summed E-state index contributed by atoms with van der Waals surface area (Å²) in [7, 11) is -3.68. The Morgan fingerprint density at radius 2 is 1.77 bits per heavy atom. The lowest BCUT2D eigenvalue weighted by Gasteiger charge is -2.30. The summed E-state index contributed by atoms with van der Waals surface area (Å²) in [6.45, 7) is 5.52. The van der Waals surface area contributed by atoms with E-state index in [9.17, 15) is 17.6 Å². The van der Waals surface area contributed by atoms with Gasteiger partial charge >= 0.3 is 0 Å². The van der Waals surface area contributed by atoms with Crippen molar-refractivity contribution in [2.24, 2.45) is 0 Å². The molecule has 1 aromatic carbocycles. The number of hydrogen-bond acceptors (Lipinski definition) is 3. The minimum Gasteiger partial charge on any atom is -0.352 e. The second-order valence-electron chi connectivity index (χ2n) is 5.28. The zero-order chi connectivity index (χ0) is 16.9. The van der Waals surface area contributed by atoms with Crippen molar-refractivity contribution in [3.05, 3.63) is 30.1 Å². The van der Waals surface area contributed by atoms with E-state index in [1.807, 2.05) is 13.8 Å². The van der Waals surface area contributed by atoms with E-state index in [0.29, 0.717) is 6.42 Å². The second-order valence-corrected chi connectivity index (χ2v) is 7.14. The van der Waals surface area contributed by atoms with Gasteiger partial charge in [-0.05, 0) is 44.0 Å². The Morgan fingerprint density at radius 1 is 1.23 bits per heavy atom. The van der Waals surface area contributed by atoms with Crippen molar-refractivity contribution < 1.29 is 17.6 Å². The van der Waals surface area contributed by atoms with Crippen LogP contribution < -0.4 is 9.62 Å². The highest BCUT2D eigenvalue weighted by molar-refractivity contribution is 7.92. The van der Waals surface area contributed by atoms with Gasteiger partial charge in [-0.3, -0.25) is 9.10 Å². The Balaban J connectivity index is 3.19. The number of nitrogens with zero attached hydrogens (tertiary/aromatic N) is 1. The summed E-state index contributed by atoms with van der Waals surface area (Å²) in [5.41, 5.74) is 0.273. The monoisotopic (exact) mass is 330 g/mol. The highest BCUT2D eigenvalue weighted by Crippen LogP contribution is 2.22. The molecule has 0 fully saturated rings. The molecule has 5 nitrogen and oxygen atoms in total. The maximum atomic E-state index is 13.1. The first-order valence-corrected chi connectivity index (χ1v) is 9.10. The first kappa shape index (κ1) is 18.4. The number of sulfonamides is 1. The summed E-state index contributed by atoms with van der Waals surface area (Å²) in [4.78, 5) is 12.4. The quantitative estimate of drug-likeness (QED) is 0.834. The van der Waals surface area contributed by atoms with Crippen LogP contribution in [-0.2, 0) is 14.8 Å². The number of hydrogen-bond donors (Lipinski definition) is 1. The average Bonchev–Trinajstić information content (AvgIpc) is 2.44. The van der Waals surface area contributed by atoms with E-state index in [0.717, 1.165) is 17.0 Å². The number of benzene rings is 1. The summed E-state index contributed by atoms with van der Waals surface area (Å²) in [6, 6.07) is 4.15. The first-order valence-electron chi connectivity index (χ1n) is 7.26. The van der Waals surface area contributed by atoms with Crippen LogP contribution in [-0.4, -0.2) is 32.7 Å². The molecule has 22 heavy (non-hydrogen) atoms. The van der Waals surface area contributed by atoms with Crippen LogP contribution in [0.1, 0.15) is 33.6 Å². The van der Waals surface area contributed by atoms with Crippen molar-refractivity contribution in [3.8, 4) is 0 Å². The van der Waals surface area contributed by atoms with Crippen molar-refractivity contribution >= 4 is 21.6 Å². The first-order chi connectivity index (χ1) is 10.2. The number of carbonyl (C=O) groups is 1. The van der Waals surface area contributed by atoms with Crippen molar-refractivity contribution in [1.82, 2.24) is 5.32 Å². The van der Waals surface area contributed by atoms with E-state index in [1.165, 1.54) is 24.3 Å². The smallest absolute Gasteiger partial charge is 0.244 e. The second kappa shape index (κ2) is 7.58. The third-order valence-corrected chi connectivity index (χ3v) is 4.59. The molecule has 0 aliphatic rings. The Kier molecular flexibility index (Phi) is 6.34. The number of anilines is 1. The maximum Gasteiger partial charge on any atom is 0.244 e. The molecule has 1 rings (SSSR count). The van der Waals surface area contributed by atoms with Gasteiger partial charge in [0.15, 0.2) is 0 Å². The molecular weight excluding hydrogens is 307 g/mol. The molecular formula is C15H23FN2O3S. The molecule has 2 atom stereocenters. The third-order valence-electron chi connectivity index (χ3n) is 3.41. The minimum absolute atomic E-state index is 0.0452. The van der Waals surface area contributed by atoms with Gasteiger partial charge in [0.25, 0.3) is 0 Å². The van der Waals surface area contributed by atoms with Gasteiger partial charge in [-0.25, -0.2) is 12.8 Å². The molecule has 0 saturated heterocycles. The predicted octanol–water partition coefficient (Wildman–Crippen LogP) is 2.29. The lowest BCUT2D eigenvalue weighted by molar-refractivity contribution is -0.122. The summed E-state index contributed by atoms with van der Waals surface area (Å²) in [5.74, 6) is -0.819. The van der Waals surface area contributed by atoms with E-state index >= 15 is 0 Å². The number of rotatable bonds is 7. The fourth-order valence-electron chi connectivity index (χ4n) is 2.09. The molecule has 0 aliphatic heterocycles. The fraction of sp³-hybridized carbons (Fsp3) is 0.533. The largest absolute Gasteiger partial charge is 0.352 e. The third kappa shape index (κ3) is 4.69. The molecule has 1 N–H and O–H groups in total. The van der Waals surface area contributed by atoms with Crippen LogP contribution in [0.15, 0.2) is 24.3 Å². The Morgan fingerprint density at radius 3 is 2.18 bits per heavy atom. The lowest BCUT2D eigenvalue weighted by atomic mass is 10.1. The van der Waals surface area contributed by atoms with E-state index in [2.05, 4.69) is 5.32 Å². The SMILES string of the molecule is CC[C@H](C(=O)N[C@@H](C)CC)N(c1ccc(F)cc1)S(C)(=O)=O. The highest BCUT2D eigenvalue weighted by atomic mass is 32.2. The van der Waals surface area contributed by atoms with Gasteiger partial charge in [0, 0.05) is 6.04 Å². The molecule has 0 unspecified atom stereocenters. The molecule has 7 heteroatoms. The molecule has 0 heterocycles. The van der Waals surface area contributed by atoms with Crippen molar-refractivity contribution in [1.29, 1.82) is 0 Å². The van der Waals surface area contributed by atoms with Crippen LogP contribution in [0.4, 0.5) is 10.1 Å². The van der Waals surface area contributed by atoms with Gasteiger partial charge in [0.2, 0.25) is 15.9 Å². The number of nitrogens with one attached hydrogen (secondary N) is 1. The molecule has 1 amide bonds. The van der Waals surface area contributed by atoms with Crippen molar-refractivity contribution in [2.75, 3.05) is 10.6 Å². The summed E-state index contributed by atoms with van der Waals surface area (Å²) < 4.78 is 38.4. The lowest BCUT2D eigenvalue weighted by Crippen LogP contribution is -2.51. The van der Waals surface area contributed by atoms with Gasteiger partial charge in [0.05, 0.1) is 11.9 Å². The summed E-state index contributed by atoms with van der Waals surface area (Å²) in [6.07, 6.45) is 2.10.